The van der Waals surface area contributed by atoms with Crippen LogP contribution in [0.1, 0.15) is 0 Å². The highest BCUT2D eigenvalue weighted by molar-refractivity contribution is 6.32. The minimum Gasteiger partial charge on any atom is -0.147 e. The van der Waals surface area contributed by atoms with E-state index in [0.717, 1.165) is 10.0 Å². The van der Waals surface area contributed by atoms with Gasteiger partial charge in [-0.2, -0.15) is 0 Å². The lowest BCUT2D eigenvalue weighted by Crippen LogP contribution is -1.60. The number of hydrogen-bond donors (Lipinski definition) is 0. The molecule has 0 aromatic heterocycles. The van der Waals surface area contributed by atoms with Crippen molar-refractivity contribution < 1.29 is 0 Å². The molecule has 0 amide bonds. The molecule has 1 aromatic carbocycles. The summed E-state index contributed by atoms with van der Waals surface area (Å²) < 4.78 is 0. The van der Waals surface area contributed by atoms with E-state index in [-0.39, 0.29) is 12.4 Å². The molecule has 9 heavy (non-hydrogen) atoms. The third kappa shape index (κ3) is 2.95. The first-order valence-electron chi connectivity index (χ1n) is 2.20. The van der Waals surface area contributed by atoms with Crippen LogP contribution in [0.4, 0.5) is 0 Å². The van der Waals surface area contributed by atoms with Gasteiger partial charge in [0, 0.05) is 10.0 Å². The first-order valence-corrected chi connectivity index (χ1v) is 2.96. The van der Waals surface area contributed by atoms with E-state index >= 15 is 0 Å². The molecule has 0 bridgehead atoms. The fourth-order valence-electron chi connectivity index (χ4n) is 0.430. The van der Waals surface area contributed by atoms with Crippen LogP contribution in [0.2, 0.25) is 10.0 Å². The van der Waals surface area contributed by atoms with Gasteiger partial charge in [0.2, 0.25) is 0 Å². The Morgan fingerprint density at radius 2 is 1.00 bits per heavy atom. The zero-order valence-electron chi connectivity index (χ0n) is 4.47. The molecular formula is C6H5Cl3. The van der Waals surface area contributed by atoms with Crippen molar-refractivity contribution in [1.29, 1.82) is 0 Å². The van der Waals surface area contributed by atoms with E-state index in [1.165, 1.54) is 0 Å². The Kier molecular flexibility index (Phi) is 4.03. The molecule has 0 aliphatic rings. The van der Waals surface area contributed by atoms with Gasteiger partial charge in [0.25, 0.3) is 0 Å². The molecule has 0 nitrogen and oxygen atoms in total. The molecule has 0 N–H and O–H groups in total. The molecule has 0 aliphatic carbocycles. The van der Waals surface area contributed by atoms with Crippen molar-refractivity contribution in [3.8, 4) is 0 Å². The maximum atomic E-state index is 5.55. The number of hydrogen-bond acceptors (Lipinski definition) is 0. The summed E-state index contributed by atoms with van der Waals surface area (Å²) in [5.41, 5.74) is 0. The molecule has 3 heteroatoms. The van der Waals surface area contributed by atoms with Crippen LogP contribution < -0.4 is 0 Å². The van der Waals surface area contributed by atoms with E-state index < -0.39 is 0 Å². The Hall–Kier alpha value is 0.0900. The van der Waals surface area contributed by atoms with Crippen LogP contribution in [0, 0.1) is 0 Å². The highest BCUT2D eigenvalue weighted by Gasteiger charge is 1.83. The van der Waals surface area contributed by atoms with Gasteiger partial charge in [0.1, 0.15) is 0 Å². The maximum Gasteiger partial charge on any atom is 0.0407 e. The minimum atomic E-state index is 0. The Morgan fingerprint density at radius 3 is 1.22 bits per heavy atom. The first-order chi connectivity index (χ1) is 3.79. The van der Waals surface area contributed by atoms with Crippen LogP contribution >= 0.6 is 35.6 Å². The fraction of sp³-hybridized carbons (Fsp3) is 0. The number of halogens is 3. The monoisotopic (exact) mass is 182 g/mol. The molecule has 0 atom stereocenters. The quantitative estimate of drug-likeness (QED) is 0.578. The average Bonchev–Trinajstić information content (AvgIpc) is 1.77. The van der Waals surface area contributed by atoms with Crippen molar-refractivity contribution in [2.75, 3.05) is 0 Å². The second-order valence-electron chi connectivity index (χ2n) is 1.44. The van der Waals surface area contributed by atoms with Gasteiger partial charge >= 0.3 is 0 Å². The largest absolute Gasteiger partial charge is 0.147 e. The van der Waals surface area contributed by atoms with Gasteiger partial charge < -0.3 is 0 Å². The standard InChI is InChI=1S/C6H4Cl2.ClH/c7-5-1-2-6(8)4-3-5;/h1-4H;1H. The van der Waals surface area contributed by atoms with Crippen LogP contribution in [-0.2, 0) is 0 Å². The predicted octanol–water partition coefficient (Wildman–Crippen LogP) is 3.42. The van der Waals surface area contributed by atoms with Gasteiger partial charge in [-0.1, -0.05) is 23.2 Å². The van der Waals surface area contributed by atoms with Gasteiger partial charge in [-0.15, -0.1) is 12.4 Å². The molecule has 1 aromatic rings. The lowest BCUT2D eigenvalue weighted by molar-refractivity contribution is 1.71. The van der Waals surface area contributed by atoms with E-state index in [1.807, 2.05) is 0 Å². The summed E-state index contributed by atoms with van der Waals surface area (Å²) in [6.45, 7) is 0. The second kappa shape index (κ2) is 3.99. The molecule has 0 spiro atoms. The fourth-order valence-corrected chi connectivity index (χ4v) is 0.682. The molecule has 0 fully saturated rings. The highest BCUT2D eigenvalue weighted by atomic mass is 35.5. The van der Waals surface area contributed by atoms with Crippen molar-refractivity contribution >= 4 is 35.6 Å². The van der Waals surface area contributed by atoms with Crippen LogP contribution in [0.3, 0.4) is 0 Å². The third-order valence-corrected chi connectivity index (χ3v) is 1.31. The predicted molar refractivity (Wildman–Crippen MR) is 43.7 cm³/mol. The van der Waals surface area contributed by atoms with Crippen molar-refractivity contribution in [2.24, 2.45) is 0 Å². The van der Waals surface area contributed by atoms with E-state index in [9.17, 15) is 0 Å². The summed E-state index contributed by atoms with van der Waals surface area (Å²) >= 11 is 11.1. The summed E-state index contributed by atoms with van der Waals surface area (Å²) in [5, 5.41) is 1.43. The maximum absolute atomic E-state index is 5.55. The molecule has 0 radical (unpaired) electrons. The van der Waals surface area contributed by atoms with Gasteiger partial charge in [0.05, 0.1) is 0 Å². The third-order valence-electron chi connectivity index (χ3n) is 0.804. The van der Waals surface area contributed by atoms with Crippen molar-refractivity contribution in [2.45, 2.75) is 0 Å². The average molecular weight is 183 g/mol. The lowest BCUT2D eigenvalue weighted by Gasteiger charge is -1.86. The topological polar surface area (TPSA) is 0 Å². The van der Waals surface area contributed by atoms with E-state index in [2.05, 4.69) is 0 Å². The highest BCUT2D eigenvalue weighted by Crippen LogP contribution is 2.12. The van der Waals surface area contributed by atoms with Gasteiger partial charge in [-0.3, -0.25) is 0 Å². The molecule has 50 valence electrons. The Labute approximate surface area is 70.2 Å². The van der Waals surface area contributed by atoms with Crippen LogP contribution in [0.15, 0.2) is 24.3 Å². The number of rotatable bonds is 0. The molecule has 0 unspecified atom stereocenters. The summed E-state index contributed by atoms with van der Waals surface area (Å²) in [6, 6.07) is 7.02. The van der Waals surface area contributed by atoms with Gasteiger partial charge in [0.15, 0.2) is 0 Å². The molecule has 0 saturated heterocycles. The number of benzene rings is 1. The normalized spacial score (nSPS) is 8.22. The SMILES string of the molecule is Cl.Clc1ccc(Cl)cc1. The zero-order chi connectivity index (χ0) is 5.98. The molecule has 0 saturated carbocycles. The van der Waals surface area contributed by atoms with Crippen LogP contribution in [0.5, 0.6) is 0 Å². The lowest BCUT2D eigenvalue weighted by atomic mass is 10.4. The van der Waals surface area contributed by atoms with Crippen molar-refractivity contribution in [3.05, 3.63) is 34.3 Å². The Balaban J connectivity index is 0.000000640. The molecule has 1 rings (SSSR count). The molecular weight excluding hydrogens is 178 g/mol. The van der Waals surface area contributed by atoms with Gasteiger partial charge in [-0.25, -0.2) is 0 Å². The van der Waals surface area contributed by atoms with E-state index in [4.69, 9.17) is 23.2 Å². The van der Waals surface area contributed by atoms with Crippen LogP contribution in [-0.4, -0.2) is 0 Å². The Bertz CT molecular complexity index is 147. The first kappa shape index (κ1) is 9.09. The van der Waals surface area contributed by atoms with Crippen molar-refractivity contribution in [3.63, 3.8) is 0 Å². The van der Waals surface area contributed by atoms with Crippen LogP contribution in [0.25, 0.3) is 0 Å². The zero-order valence-corrected chi connectivity index (χ0v) is 6.80. The summed E-state index contributed by atoms with van der Waals surface area (Å²) in [5.74, 6) is 0. The second-order valence-corrected chi connectivity index (χ2v) is 2.31. The van der Waals surface area contributed by atoms with Gasteiger partial charge in [-0.05, 0) is 24.3 Å². The summed E-state index contributed by atoms with van der Waals surface area (Å²) in [6.07, 6.45) is 0. The summed E-state index contributed by atoms with van der Waals surface area (Å²) in [7, 11) is 0. The molecule has 0 heterocycles. The minimum absolute atomic E-state index is 0. The smallest absolute Gasteiger partial charge is 0.0407 e. The Morgan fingerprint density at radius 1 is 0.778 bits per heavy atom. The van der Waals surface area contributed by atoms with E-state index in [0.29, 0.717) is 0 Å². The molecule has 0 aliphatic heterocycles. The van der Waals surface area contributed by atoms with E-state index in [1.54, 1.807) is 24.3 Å². The van der Waals surface area contributed by atoms with Crippen molar-refractivity contribution in [1.82, 2.24) is 0 Å². The summed E-state index contributed by atoms with van der Waals surface area (Å²) in [4.78, 5) is 0.